The highest BCUT2D eigenvalue weighted by Crippen LogP contribution is 2.35. The number of nitrogen functional groups attached to an aromatic ring is 1. The fourth-order valence-corrected chi connectivity index (χ4v) is 2.91. The second-order valence-electron chi connectivity index (χ2n) is 3.20. The summed E-state index contributed by atoms with van der Waals surface area (Å²) >= 11 is 1.79. The van der Waals surface area contributed by atoms with Crippen LogP contribution in [-0.4, -0.2) is 0 Å². The van der Waals surface area contributed by atoms with Gasteiger partial charge in [-0.3, -0.25) is 0 Å². The molecule has 0 bridgehead atoms. The van der Waals surface area contributed by atoms with Gasteiger partial charge in [0.15, 0.2) is 0 Å². The van der Waals surface area contributed by atoms with Crippen LogP contribution in [0.5, 0.6) is 0 Å². The SMILES string of the molecule is CC.Cc1c(N)sc2c1CCCC2. The molecule has 0 unspecified atom stereocenters. The first-order chi connectivity index (χ1) is 6.29. The highest BCUT2D eigenvalue weighted by molar-refractivity contribution is 7.16. The molecule has 0 radical (unpaired) electrons. The van der Waals surface area contributed by atoms with E-state index in [9.17, 15) is 0 Å². The van der Waals surface area contributed by atoms with Crippen molar-refractivity contribution in [2.75, 3.05) is 5.73 Å². The fourth-order valence-electron chi connectivity index (χ4n) is 1.74. The molecule has 0 saturated carbocycles. The minimum atomic E-state index is 1.04. The summed E-state index contributed by atoms with van der Waals surface area (Å²) < 4.78 is 0. The Labute approximate surface area is 85.0 Å². The van der Waals surface area contributed by atoms with Crippen molar-refractivity contribution in [2.24, 2.45) is 0 Å². The maximum absolute atomic E-state index is 5.84. The monoisotopic (exact) mass is 197 g/mol. The van der Waals surface area contributed by atoms with Gasteiger partial charge in [-0.1, -0.05) is 13.8 Å². The van der Waals surface area contributed by atoms with Crippen LogP contribution in [-0.2, 0) is 12.8 Å². The van der Waals surface area contributed by atoms with Crippen molar-refractivity contribution >= 4 is 16.3 Å². The van der Waals surface area contributed by atoms with Crippen molar-refractivity contribution in [1.82, 2.24) is 0 Å². The first-order valence-electron chi connectivity index (χ1n) is 5.15. The molecule has 1 aromatic heterocycles. The number of thiophene rings is 1. The molecular formula is C11H19NS. The van der Waals surface area contributed by atoms with Crippen LogP contribution in [0.1, 0.15) is 42.7 Å². The van der Waals surface area contributed by atoms with Crippen molar-refractivity contribution in [2.45, 2.75) is 46.5 Å². The summed E-state index contributed by atoms with van der Waals surface area (Å²) in [5.74, 6) is 0. The lowest BCUT2D eigenvalue weighted by Crippen LogP contribution is -1.99. The topological polar surface area (TPSA) is 26.0 Å². The van der Waals surface area contributed by atoms with Crippen LogP contribution in [0.2, 0.25) is 0 Å². The molecule has 1 nitrogen and oxygen atoms in total. The van der Waals surface area contributed by atoms with Crippen molar-refractivity contribution in [3.63, 3.8) is 0 Å². The van der Waals surface area contributed by atoms with E-state index in [2.05, 4.69) is 6.92 Å². The van der Waals surface area contributed by atoms with E-state index >= 15 is 0 Å². The maximum atomic E-state index is 5.84. The molecule has 13 heavy (non-hydrogen) atoms. The molecule has 0 amide bonds. The lowest BCUT2D eigenvalue weighted by molar-refractivity contribution is 0.694. The highest BCUT2D eigenvalue weighted by atomic mass is 32.1. The van der Waals surface area contributed by atoms with Gasteiger partial charge in [-0.2, -0.15) is 0 Å². The summed E-state index contributed by atoms with van der Waals surface area (Å²) in [5.41, 5.74) is 8.74. The molecule has 2 heteroatoms. The van der Waals surface area contributed by atoms with E-state index in [-0.39, 0.29) is 0 Å². The molecule has 74 valence electrons. The van der Waals surface area contributed by atoms with Gasteiger partial charge in [0.2, 0.25) is 0 Å². The first-order valence-corrected chi connectivity index (χ1v) is 5.97. The maximum Gasteiger partial charge on any atom is 0.0891 e. The predicted molar refractivity (Wildman–Crippen MR) is 61.5 cm³/mol. The van der Waals surface area contributed by atoms with Gasteiger partial charge in [-0.05, 0) is 43.7 Å². The molecule has 0 aliphatic heterocycles. The number of fused-ring (bicyclic) bond motifs is 1. The molecule has 0 saturated heterocycles. The Balaban J connectivity index is 0.000000396. The minimum Gasteiger partial charge on any atom is -0.390 e. The van der Waals surface area contributed by atoms with Gasteiger partial charge in [0.25, 0.3) is 0 Å². The van der Waals surface area contributed by atoms with Gasteiger partial charge in [-0.15, -0.1) is 11.3 Å². The third-order valence-corrected chi connectivity index (χ3v) is 3.70. The van der Waals surface area contributed by atoms with E-state index in [1.54, 1.807) is 21.8 Å². The van der Waals surface area contributed by atoms with Crippen molar-refractivity contribution in [3.8, 4) is 0 Å². The third-order valence-electron chi connectivity index (χ3n) is 2.47. The van der Waals surface area contributed by atoms with Crippen LogP contribution in [0.4, 0.5) is 5.00 Å². The van der Waals surface area contributed by atoms with E-state index in [0.29, 0.717) is 0 Å². The van der Waals surface area contributed by atoms with E-state index in [4.69, 9.17) is 5.73 Å². The fraction of sp³-hybridized carbons (Fsp3) is 0.636. The normalized spacial score (nSPS) is 14.4. The first kappa shape index (κ1) is 10.6. The smallest absolute Gasteiger partial charge is 0.0891 e. The molecule has 1 heterocycles. The molecule has 0 spiro atoms. The van der Waals surface area contributed by atoms with Crippen molar-refractivity contribution in [3.05, 3.63) is 16.0 Å². The van der Waals surface area contributed by atoms with Gasteiger partial charge in [0, 0.05) is 4.88 Å². The van der Waals surface area contributed by atoms with Crippen LogP contribution in [0.3, 0.4) is 0 Å². The third kappa shape index (κ3) is 2.05. The molecule has 0 aromatic carbocycles. The van der Waals surface area contributed by atoms with Crippen molar-refractivity contribution < 1.29 is 0 Å². The lowest BCUT2D eigenvalue weighted by Gasteiger charge is -2.10. The van der Waals surface area contributed by atoms with Gasteiger partial charge in [-0.25, -0.2) is 0 Å². The standard InChI is InChI=1S/C9H13NS.C2H6/c1-6-7-4-2-3-5-8(7)11-9(6)10;1-2/h2-5,10H2,1H3;1-2H3. The molecule has 2 N–H and O–H groups in total. The Hall–Kier alpha value is -0.500. The van der Waals surface area contributed by atoms with Gasteiger partial charge >= 0.3 is 0 Å². The van der Waals surface area contributed by atoms with Crippen LogP contribution in [0.15, 0.2) is 0 Å². The molecule has 1 aromatic rings. The zero-order valence-electron chi connectivity index (χ0n) is 8.81. The molecule has 2 rings (SSSR count). The van der Waals surface area contributed by atoms with Crippen molar-refractivity contribution in [1.29, 1.82) is 0 Å². The van der Waals surface area contributed by atoms with E-state index in [1.807, 2.05) is 13.8 Å². The summed E-state index contributed by atoms with van der Waals surface area (Å²) in [4.78, 5) is 1.55. The second-order valence-corrected chi connectivity index (χ2v) is 4.34. The summed E-state index contributed by atoms with van der Waals surface area (Å²) in [7, 11) is 0. The molecule has 0 fully saturated rings. The molecule has 1 aliphatic rings. The van der Waals surface area contributed by atoms with Crippen LogP contribution < -0.4 is 5.73 Å². The Morgan fingerprint density at radius 2 is 1.77 bits per heavy atom. The number of nitrogens with two attached hydrogens (primary N) is 1. The largest absolute Gasteiger partial charge is 0.390 e. The number of anilines is 1. The number of rotatable bonds is 0. The number of aryl methyl sites for hydroxylation is 1. The van der Waals surface area contributed by atoms with Gasteiger partial charge in [0.05, 0.1) is 5.00 Å². The Morgan fingerprint density at radius 3 is 2.38 bits per heavy atom. The van der Waals surface area contributed by atoms with Gasteiger partial charge in [0.1, 0.15) is 0 Å². The van der Waals surface area contributed by atoms with Crippen LogP contribution >= 0.6 is 11.3 Å². The second kappa shape index (κ2) is 4.66. The van der Waals surface area contributed by atoms with E-state index < -0.39 is 0 Å². The predicted octanol–water partition coefficient (Wildman–Crippen LogP) is 3.54. The zero-order chi connectivity index (χ0) is 9.84. The summed E-state index contributed by atoms with van der Waals surface area (Å²) in [6.45, 7) is 6.15. The average Bonchev–Trinajstić information content (AvgIpc) is 2.47. The van der Waals surface area contributed by atoms with E-state index in [1.165, 1.54) is 31.2 Å². The lowest BCUT2D eigenvalue weighted by atomic mass is 9.96. The zero-order valence-corrected chi connectivity index (χ0v) is 9.63. The molecular weight excluding hydrogens is 178 g/mol. The van der Waals surface area contributed by atoms with Crippen LogP contribution in [0.25, 0.3) is 0 Å². The Bertz CT molecular complexity index is 276. The summed E-state index contributed by atoms with van der Waals surface area (Å²) in [6.07, 6.45) is 5.23. The Kier molecular flexibility index (Phi) is 3.79. The Morgan fingerprint density at radius 1 is 1.15 bits per heavy atom. The molecule has 0 atom stereocenters. The average molecular weight is 197 g/mol. The summed E-state index contributed by atoms with van der Waals surface area (Å²) in [6, 6.07) is 0. The number of hydrogen-bond acceptors (Lipinski definition) is 2. The van der Waals surface area contributed by atoms with Crippen LogP contribution in [0, 0.1) is 6.92 Å². The minimum absolute atomic E-state index is 1.04. The highest BCUT2D eigenvalue weighted by Gasteiger charge is 2.15. The molecule has 1 aliphatic carbocycles. The number of hydrogen-bond donors (Lipinski definition) is 1. The summed E-state index contributed by atoms with van der Waals surface area (Å²) in [5, 5.41) is 1.04. The van der Waals surface area contributed by atoms with E-state index in [0.717, 1.165) is 5.00 Å². The van der Waals surface area contributed by atoms with Gasteiger partial charge < -0.3 is 5.73 Å². The quantitative estimate of drug-likeness (QED) is 0.676.